The Labute approximate surface area is 124 Å². The zero-order valence-corrected chi connectivity index (χ0v) is 12.2. The molecule has 1 atom stereocenters. The molecule has 21 heavy (non-hydrogen) atoms. The van der Waals surface area contributed by atoms with Gasteiger partial charge in [-0.15, -0.1) is 0 Å². The molecule has 0 saturated heterocycles. The van der Waals surface area contributed by atoms with Crippen LogP contribution < -0.4 is 5.73 Å². The highest BCUT2D eigenvalue weighted by Crippen LogP contribution is 2.12. The van der Waals surface area contributed by atoms with E-state index >= 15 is 0 Å². The number of nitrogens with zero attached hydrogens (tertiary/aromatic N) is 1. The highest BCUT2D eigenvalue weighted by Gasteiger charge is 2.29. The third kappa shape index (κ3) is 4.33. The second-order valence-corrected chi connectivity index (χ2v) is 5.14. The van der Waals surface area contributed by atoms with Crippen LogP contribution >= 0.6 is 0 Å². The van der Waals surface area contributed by atoms with Crippen molar-refractivity contribution in [2.75, 3.05) is 13.1 Å². The number of aliphatic carboxylic acids is 1. The Balaban J connectivity index is 3.09. The highest BCUT2D eigenvalue weighted by molar-refractivity contribution is 5.96. The standard InChI is InChI=1S/C16H19N2O3/c1-4-12-5-7-13(8-6-12)15(19)18(10-11(2)3)14(9-17)16(20)21/h5-8,11,14H,9-10,17H2,2-3H3,(H,20,21). The average Bonchev–Trinajstić information content (AvgIpc) is 2.45. The molecule has 0 aliphatic heterocycles. The van der Waals surface area contributed by atoms with Crippen molar-refractivity contribution in [1.82, 2.24) is 4.90 Å². The Bertz CT molecular complexity index is 544. The number of nitrogens with two attached hydrogens (primary N) is 1. The maximum Gasteiger partial charge on any atom is 0.327 e. The summed E-state index contributed by atoms with van der Waals surface area (Å²) < 4.78 is 0. The number of amides is 1. The summed E-state index contributed by atoms with van der Waals surface area (Å²) in [5.74, 6) is 0.848. The fourth-order valence-corrected chi connectivity index (χ4v) is 1.97. The van der Waals surface area contributed by atoms with Crippen molar-refractivity contribution in [2.45, 2.75) is 19.9 Å². The lowest BCUT2D eigenvalue weighted by Gasteiger charge is -2.29. The summed E-state index contributed by atoms with van der Waals surface area (Å²) in [4.78, 5) is 25.1. The first-order chi connectivity index (χ1) is 9.90. The summed E-state index contributed by atoms with van der Waals surface area (Å²) in [6, 6.07) is 5.25. The van der Waals surface area contributed by atoms with Gasteiger partial charge in [-0.2, -0.15) is 0 Å². The first kappa shape index (κ1) is 16.7. The minimum absolute atomic E-state index is 0.122. The molecule has 1 rings (SSSR count). The van der Waals surface area contributed by atoms with Crippen molar-refractivity contribution in [3.63, 3.8) is 0 Å². The number of carbonyl (C=O) groups excluding carboxylic acids is 1. The van der Waals surface area contributed by atoms with E-state index in [-0.39, 0.29) is 18.4 Å². The molecule has 0 aliphatic carbocycles. The van der Waals surface area contributed by atoms with Gasteiger partial charge in [0.15, 0.2) is 0 Å². The maximum absolute atomic E-state index is 12.5. The third-order valence-electron chi connectivity index (χ3n) is 2.98. The normalized spacial score (nSPS) is 11.8. The molecule has 3 N–H and O–H groups in total. The third-order valence-corrected chi connectivity index (χ3v) is 2.98. The van der Waals surface area contributed by atoms with E-state index in [0.717, 1.165) is 0 Å². The van der Waals surface area contributed by atoms with Crippen LogP contribution in [0.4, 0.5) is 0 Å². The molecule has 0 spiro atoms. The van der Waals surface area contributed by atoms with Crippen LogP contribution in [0.25, 0.3) is 0 Å². The number of carboxylic acid groups (broad SMARTS) is 1. The molecular formula is C16H19N2O3. The smallest absolute Gasteiger partial charge is 0.327 e. The van der Waals surface area contributed by atoms with Gasteiger partial charge in [0.2, 0.25) is 0 Å². The van der Waals surface area contributed by atoms with Crippen LogP contribution in [0.3, 0.4) is 0 Å². The molecule has 1 radical (unpaired) electrons. The molecular weight excluding hydrogens is 268 g/mol. The van der Waals surface area contributed by atoms with Gasteiger partial charge in [0.25, 0.3) is 5.91 Å². The Morgan fingerprint density at radius 3 is 2.29 bits per heavy atom. The number of hydrogen-bond donors (Lipinski definition) is 2. The van der Waals surface area contributed by atoms with E-state index < -0.39 is 12.0 Å². The lowest BCUT2D eigenvalue weighted by molar-refractivity contribution is -0.142. The first-order valence-corrected chi connectivity index (χ1v) is 6.67. The van der Waals surface area contributed by atoms with Crippen molar-refractivity contribution in [3.05, 3.63) is 41.8 Å². The lowest BCUT2D eigenvalue weighted by Crippen LogP contribution is -2.50. The molecule has 1 amide bonds. The monoisotopic (exact) mass is 287 g/mol. The molecule has 5 heteroatoms. The predicted molar refractivity (Wildman–Crippen MR) is 79.0 cm³/mol. The molecule has 0 saturated carbocycles. The van der Waals surface area contributed by atoms with Crippen LogP contribution in [0.5, 0.6) is 0 Å². The number of carbonyl (C=O) groups is 2. The van der Waals surface area contributed by atoms with E-state index in [2.05, 4.69) is 5.92 Å². The molecule has 5 nitrogen and oxygen atoms in total. The van der Waals surface area contributed by atoms with Crippen LogP contribution in [-0.4, -0.2) is 41.0 Å². The summed E-state index contributed by atoms with van der Waals surface area (Å²) in [7, 11) is 0. The quantitative estimate of drug-likeness (QED) is 0.768. The van der Waals surface area contributed by atoms with Crippen LogP contribution in [0, 0.1) is 18.3 Å². The van der Waals surface area contributed by atoms with Crippen molar-refractivity contribution in [1.29, 1.82) is 0 Å². The van der Waals surface area contributed by atoms with Gasteiger partial charge in [0, 0.05) is 24.2 Å². The Morgan fingerprint density at radius 1 is 1.33 bits per heavy atom. The SMILES string of the molecule is [C]#Cc1ccc(C(=O)N(CC(C)C)C(CN)C(=O)O)cc1. The number of carboxylic acids is 1. The van der Waals surface area contributed by atoms with Crippen molar-refractivity contribution < 1.29 is 14.7 Å². The van der Waals surface area contributed by atoms with E-state index in [1.165, 1.54) is 4.90 Å². The number of hydrogen-bond acceptors (Lipinski definition) is 3. The minimum atomic E-state index is -1.11. The Morgan fingerprint density at radius 2 is 1.90 bits per heavy atom. The molecule has 0 fully saturated rings. The van der Waals surface area contributed by atoms with Gasteiger partial charge in [0.1, 0.15) is 6.04 Å². The highest BCUT2D eigenvalue weighted by atomic mass is 16.4. The minimum Gasteiger partial charge on any atom is -0.480 e. The summed E-state index contributed by atoms with van der Waals surface area (Å²) in [6.45, 7) is 3.98. The fraction of sp³-hybridized carbons (Fsp3) is 0.375. The molecule has 0 aromatic heterocycles. The molecule has 1 unspecified atom stereocenters. The molecule has 0 bridgehead atoms. The number of rotatable bonds is 6. The van der Waals surface area contributed by atoms with Gasteiger partial charge in [-0.05, 0) is 36.6 Å². The first-order valence-electron chi connectivity index (χ1n) is 6.67. The molecule has 0 heterocycles. The van der Waals surface area contributed by atoms with Crippen LogP contribution in [-0.2, 0) is 4.79 Å². The van der Waals surface area contributed by atoms with Crippen LogP contribution in [0.15, 0.2) is 24.3 Å². The van der Waals surface area contributed by atoms with Crippen molar-refractivity contribution in [3.8, 4) is 5.92 Å². The van der Waals surface area contributed by atoms with E-state index in [4.69, 9.17) is 12.2 Å². The van der Waals surface area contributed by atoms with E-state index in [1.54, 1.807) is 24.3 Å². The fourth-order valence-electron chi connectivity index (χ4n) is 1.97. The van der Waals surface area contributed by atoms with Crippen molar-refractivity contribution in [2.24, 2.45) is 11.7 Å². The number of benzene rings is 1. The summed E-state index contributed by atoms with van der Waals surface area (Å²) in [5.41, 5.74) is 6.42. The van der Waals surface area contributed by atoms with E-state index in [1.807, 2.05) is 13.8 Å². The molecule has 1 aromatic rings. The summed E-state index contributed by atoms with van der Waals surface area (Å²) >= 11 is 0. The van der Waals surface area contributed by atoms with Gasteiger partial charge in [-0.3, -0.25) is 4.79 Å². The van der Waals surface area contributed by atoms with Gasteiger partial charge < -0.3 is 15.7 Å². The molecule has 1 aromatic carbocycles. The average molecular weight is 287 g/mol. The van der Waals surface area contributed by atoms with Gasteiger partial charge in [-0.25, -0.2) is 4.79 Å². The van der Waals surface area contributed by atoms with Gasteiger partial charge >= 0.3 is 5.97 Å². The lowest BCUT2D eigenvalue weighted by atomic mass is 10.1. The summed E-state index contributed by atoms with van der Waals surface area (Å²) in [6.07, 6.45) is 7.01. The largest absolute Gasteiger partial charge is 0.480 e. The summed E-state index contributed by atoms with van der Waals surface area (Å²) in [5, 5.41) is 9.23. The van der Waals surface area contributed by atoms with Gasteiger partial charge in [0.05, 0.1) is 0 Å². The van der Waals surface area contributed by atoms with E-state index in [0.29, 0.717) is 17.7 Å². The maximum atomic E-state index is 12.5. The van der Waals surface area contributed by atoms with E-state index in [9.17, 15) is 14.7 Å². The predicted octanol–water partition coefficient (Wildman–Crippen LogP) is 1.13. The zero-order chi connectivity index (χ0) is 16.0. The Kier molecular flexibility index (Phi) is 5.94. The Hall–Kier alpha value is -2.32. The van der Waals surface area contributed by atoms with Crippen LogP contribution in [0.2, 0.25) is 0 Å². The van der Waals surface area contributed by atoms with Crippen molar-refractivity contribution >= 4 is 11.9 Å². The second-order valence-electron chi connectivity index (χ2n) is 5.14. The second kappa shape index (κ2) is 7.46. The molecule has 111 valence electrons. The zero-order valence-electron chi connectivity index (χ0n) is 12.2. The van der Waals surface area contributed by atoms with Crippen LogP contribution in [0.1, 0.15) is 29.8 Å². The topological polar surface area (TPSA) is 83.6 Å². The van der Waals surface area contributed by atoms with Gasteiger partial charge in [-0.1, -0.05) is 19.8 Å². The molecule has 0 aliphatic rings.